The molecule has 4 nitrogen and oxygen atoms in total. The number of nitrogens with zero attached hydrogens (tertiary/aromatic N) is 1. The monoisotopic (exact) mass is 279 g/mol. The van der Waals surface area contributed by atoms with E-state index in [4.69, 9.17) is 0 Å². The second kappa shape index (κ2) is 5.17. The normalized spacial score (nSPS) is 12.2. The second-order valence-corrected chi connectivity index (χ2v) is 7.54. The molecule has 0 saturated heterocycles. The number of sulfone groups is 1. The van der Waals surface area contributed by atoms with E-state index in [-0.39, 0.29) is 11.0 Å². The molecule has 1 aromatic heterocycles. The van der Waals surface area contributed by atoms with Crippen molar-refractivity contribution in [3.8, 4) is 0 Å². The summed E-state index contributed by atoms with van der Waals surface area (Å²) in [5.41, 5.74) is 1.49. The van der Waals surface area contributed by atoms with E-state index in [9.17, 15) is 13.2 Å². The Kier molecular flexibility index (Phi) is 3.75. The Hall–Kier alpha value is -1.62. The molecule has 5 heteroatoms. The molecular formula is C14H17NO3S. The van der Waals surface area contributed by atoms with E-state index >= 15 is 0 Å². The SMILES string of the molecule is CC(C)S(=O)(=O)CCn1ccc2ccc(C=O)cc21. The van der Waals surface area contributed by atoms with Gasteiger partial charge in [-0.1, -0.05) is 12.1 Å². The molecule has 0 saturated carbocycles. The van der Waals surface area contributed by atoms with Crippen molar-refractivity contribution in [2.45, 2.75) is 25.6 Å². The third-order valence-electron chi connectivity index (χ3n) is 3.27. The van der Waals surface area contributed by atoms with Crippen LogP contribution in [0.4, 0.5) is 0 Å². The molecule has 0 aliphatic heterocycles. The number of carbonyl (C=O) groups is 1. The van der Waals surface area contributed by atoms with Gasteiger partial charge in [0, 0.05) is 23.8 Å². The molecule has 2 rings (SSSR count). The van der Waals surface area contributed by atoms with Gasteiger partial charge in [0.15, 0.2) is 9.84 Å². The molecule has 0 unspecified atom stereocenters. The second-order valence-electron chi connectivity index (χ2n) is 4.86. The van der Waals surface area contributed by atoms with Gasteiger partial charge in [0.2, 0.25) is 0 Å². The molecule has 0 amide bonds. The molecule has 0 atom stereocenters. The van der Waals surface area contributed by atoms with Crippen molar-refractivity contribution < 1.29 is 13.2 Å². The van der Waals surface area contributed by atoms with Crippen molar-refractivity contribution in [1.82, 2.24) is 4.57 Å². The topological polar surface area (TPSA) is 56.1 Å². The number of aromatic nitrogens is 1. The van der Waals surface area contributed by atoms with Gasteiger partial charge in [0.1, 0.15) is 6.29 Å². The summed E-state index contributed by atoms with van der Waals surface area (Å²) in [6.45, 7) is 3.79. The third-order valence-corrected chi connectivity index (χ3v) is 5.46. The highest BCUT2D eigenvalue weighted by atomic mass is 32.2. The van der Waals surface area contributed by atoms with Gasteiger partial charge in [-0.05, 0) is 31.4 Å². The highest BCUT2D eigenvalue weighted by molar-refractivity contribution is 7.91. The fourth-order valence-electron chi connectivity index (χ4n) is 1.93. The molecule has 0 fully saturated rings. The van der Waals surface area contributed by atoms with E-state index in [2.05, 4.69) is 0 Å². The first-order chi connectivity index (χ1) is 8.94. The fraction of sp³-hybridized carbons (Fsp3) is 0.357. The van der Waals surface area contributed by atoms with Gasteiger partial charge in [0.05, 0.1) is 11.0 Å². The molecule has 0 aliphatic rings. The average molecular weight is 279 g/mol. The summed E-state index contributed by atoms with van der Waals surface area (Å²) in [6, 6.07) is 7.33. The highest BCUT2D eigenvalue weighted by Crippen LogP contribution is 2.17. The first-order valence-electron chi connectivity index (χ1n) is 6.19. The summed E-state index contributed by atoms with van der Waals surface area (Å²) < 4.78 is 25.5. The molecule has 19 heavy (non-hydrogen) atoms. The van der Waals surface area contributed by atoms with Crippen molar-refractivity contribution in [2.75, 3.05) is 5.75 Å². The van der Waals surface area contributed by atoms with Crippen LogP contribution in [0.5, 0.6) is 0 Å². The van der Waals surface area contributed by atoms with Crippen LogP contribution in [0.2, 0.25) is 0 Å². The molecule has 0 radical (unpaired) electrons. The zero-order valence-corrected chi connectivity index (χ0v) is 11.9. The standard InChI is InChI=1S/C14H17NO3S/c1-11(2)19(17,18)8-7-15-6-5-13-4-3-12(10-16)9-14(13)15/h3-6,9-11H,7-8H2,1-2H3. The Balaban J connectivity index is 2.29. The van der Waals surface area contributed by atoms with Gasteiger partial charge in [-0.15, -0.1) is 0 Å². The number of benzene rings is 1. The van der Waals surface area contributed by atoms with Crippen LogP contribution in [-0.2, 0) is 16.4 Å². The summed E-state index contributed by atoms with van der Waals surface area (Å²) in [6.07, 6.45) is 2.65. The van der Waals surface area contributed by atoms with Gasteiger partial charge in [0.25, 0.3) is 0 Å². The number of aryl methyl sites for hydroxylation is 1. The smallest absolute Gasteiger partial charge is 0.154 e. The summed E-state index contributed by atoms with van der Waals surface area (Å²) in [5, 5.41) is 0.646. The van der Waals surface area contributed by atoms with E-state index in [1.165, 1.54) is 0 Å². The van der Waals surface area contributed by atoms with Crippen LogP contribution in [0.25, 0.3) is 10.9 Å². The first-order valence-corrected chi connectivity index (χ1v) is 7.91. The summed E-state index contributed by atoms with van der Waals surface area (Å²) in [4.78, 5) is 10.8. The van der Waals surface area contributed by atoms with E-state index in [1.54, 1.807) is 26.0 Å². The van der Waals surface area contributed by atoms with Crippen LogP contribution in [0.1, 0.15) is 24.2 Å². The molecule has 102 valence electrons. The van der Waals surface area contributed by atoms with Crippen molar-refractivity contribution in [2.24, 2.45) is 0 Å². The molecule has 0 N–H and O–H groups in total. The Labute approximate surface area is 113 Å². The van der Waals surface area contributed by atoms with Gasteiger partial charge in [-0.25, -0.2) is 8.42 Å². The number of hydrogen-bond acceptors (Lipinski definition) is 3. The minimum absolute atomic E-state index is 0.111. The van der Waals surface area contributed by atoms with Crippen molar-refractivity contribution >= 4 is 27.0 Å². The summed E-state index contributed by atoms with van der Waals surface area (Å²) in [7, 11) is -3.05. The molecule has 1 heterocycles. The zero-order valence-electron chi connectivity index (χ0n) is 11.0. The lowest BCUT2D eigenvalue weighted by atomic mass is 10.2. The zero-order chi connectivity index (χ0) is 14.0. The lowest BCUT2D eigenvalue weighted by molar-refractivity contribution is 0.112. The minimum Gasteiger partial charge on any atom is -0.346 e. The van der Waals surface area contributed by atoms with Gasteiger partial charge in [-0.2, -0.15) is 0 Å². The van der Waals surface area contributed by atoms with Crippen LogP contribution in [0.15, 0.2) is 30.5 Å². The molecule has 0 aliphatic carbocycles. The maximum atomic E-state index is 11.8. The Morgan fingerprint density at radius 3 is 2.63 bits per heavy atom. The Bertz CT molecular complexity index is 699. The molecule has 0 spiro atoms. The van der Waals surface area contributed by atoms with Gasteiger partial charge in [-0.3, -0.25) is 4.79 Å². The van der Waals surface area contributed by atoms with Crippen LogP contribution in [-0.4, -0.2) is 30.3 Å². The lowest BCUT2D eigenvalue weighted by Crippen LogP contribution is -2.20. The maximum Gasteiger partial charge on any atom is 0.154 e. The molecule has 1 aromatic carbocycles. The Morgan fingerprint density at radius 2 is 2.00 bits per heavy atom. The minimum atomic E-state index is -3.05. The molecular weight excluding hydrogens is 262 g/mol. The van der Waals surface area contributed by atoms with Gasteiger partial charge < -0.3 is 4.57 Å². The summed E-state index contributed by atoms with van der Waals surface area (Å²) in [5.74, 6) is 0.111. The first kappa shape index (κ1) is 13.8. The van der Waals surface area contributed by atoms with Crippen molar-refractivity contribution in [1.29, 1.82) is 0 Å². The summed E-state index contributed by atoms with van der Waals surface area (Å²) >= 11 is 0. The Morgan fingerprint density at radius 1 is 1.26 bits per heavy atom. The van der Waals surface area contributed by atoms with E-state index in [0.717, 1.165) is 17.2 Å². The maximum absolute atomic E-state index is 11.8. The largest absolute Gasteiger partial charge is 0.346 e. The molecule has 0 bridgehead atoms. The van der Waals surface area contributed by atoms with Crippen LogP contribution >= 0.6 is 0 Å². The quantitative estimate of drug-likeness (QED) is 0.789. The number of carbonyl (C=O) groups excluding carboxylic acids is 1. The predicted molar refractivity (Wildman–Crippen MR) is 76.2 cm³/mol. The number of hydrogen-bond donors (Lipinski definition) is 0. The highest BCUT2D eigenvalue weighted by Gasteiger charge is 2.16. The van der Waals surface area contributed by atoms with Crippen LogP contribution in [0, 0.1) is 0 Å². The van der Waals surface area contributed by atoms with E-state index < -0.39 is 9.84 Å². The molecule has 2 aromatic rings. The number of aldehydes is 1. The van der Waals surface area contributed by atoms with Gasteiger partial charge >= 0.3 is 0 Å². The fourth-order valence-corrected chi connectivity index (χ4v) is 2.85. The number of rotatable bonds is 5. The predicted octanol–water partition coefficient (Wildman–Crippen LogP) is 2.28. The van der Waals surface area contributed by atoms with Crippen molar-refractivity contribution in [3.63, 3.8) is 0 Å². The van der Waals surface area contributed by atoms with E-state index in [0.29, 0.717) is 12.1 Å². The average Bonchev–Trinajstić information content (AvgIpc) is 2.78. The van der Waals surface area contributed by atoms with Crippen LogP contribution < -0.4 is 0 Å². The van der Waals surface area contributed by atoms with E-state index in [1.807, 2.05) is 22.9 Å². The lowest BCUT2D eigenvalue weighted by Gasteiger charge is -2.09. The number of fused-ring (bicyclic) bond motifs is 1. The van der Waals surface area contributed by atoms with Crippen molar-refractivity contribution in [3.05, 3.63) is 36.0 Å². The van der Waals surface area contributed by atoms with Crippen LogP contribution in [0.3, 0.4) is 0 Å². The third kappa shape index (κ3) is 2.87.